The van der Waals surface area contributed by atoms with Gasteiger partial charge in [-0.15, -0.1) is 0 Å². The SMILES string of the molecule is COc1ccc(C=C2N=C(SCC(=O)NC3CC3)N(c3cc(C)cc(C)c3)C2=O)cc1. The third-order valence-corrected chi connectivity index (χ3v) is 5.93. The molecule has 1 heterocycles. The molecule has 0 unspecified atom stereocenters. The van der Waals surface area contributed by atoms with E-state index in [0.717, 1.165) is 41.0 Å². The zero-order valence-electron chi connectivity index (χ0n) is 17.8. The predicted octanol–water partition coefficient (Wildman–Crippen LogP) is 4.07. The van der Waals surface area contributed by atoms with Crippen LogP contribution in [0.25, 0.3) is 6.08 Å². The minimum atomic E-state index is -0.203. The Morgan fingerprint density at radius 1 is 1.19 bits per heavy atom. The molecule has 1 aliphatic heterocycles. The van der Waals surface area contributed by atoms with Crippen molar-refractivity contribution >= 4 is 40.5 Å². The highest BCUT2D eigenvalue weighted by Gasteiger charge is 2.33. The van der Waals surface area contributed by atoms with Crippen LogP contribution >= 0.6 is 11.8 Å². The van der Waals surface area contributed by atoms with E-state index in [9.17, 15) is 9.59 Å². The van der Waals surface area contributed by atoms with Gasteiger partial charge in [-0.3, -0.25) is 14.5 Å². The highest BCUT2D eigenvalue weighted by atomic mass is 32.2. The lowest BCUT2D eigenvalue weighted by atomic mass is 10.1. The molecule has 0 spiro atoms. The lowest BCUT2D eigenvalue weighted by Gasteiger charge is -2.19. The number of hydrogen-bond acceptors (Lipinski definition) is 5. The topological polar surface area (TPSA) is 71.0 Å². The minimum Gasteiger partial charge on any atom is -0.497 e. The van der Waals surface area contributed by atoms with Crippen molar-refractivity contribution in [3.63, 3.8) is 0 Å². The van der Waals surface area contributed by atoms with Gasteiger partial charge in [-0.25, -0.2) is 4.99 Å². The van der Waals surface area contributed by atoms with E-state index in [0.29, 0.717) is 16.9 Å². The lowest BCUT2D eigenvalue weighted by Crippen LogP contribution is -2.33. The molecule has 2 aromatic carbocycles. The maximum atomic E-state index is 13.3. The first kappa shape index (κ1) is 21.2. The Bertz CT molecular complexity index is 1050. The number of amides is 2. The van der Waals surface area contributed by atoms with Crippen LogP contribution in [-0.2, 0) is 9.59 Å². The molecule has 6 nitrogen and oxygen atoms in total. The van der Waals surface area contributed by atoms with Gasteiger partial charge < -0.3 is 10.1 Å². The molecule has 2 aliphatic rings. The van der Waals surface area contributed by atoms with E-state index in [2.05, 4.69) is 16.4 Å². The van der Waals surface area contributed by atoms with Crippen molar-refractivity contribution < 1.29 is 14.3 Å². The van der Waals surface area contributed by atoms with E-state index in [1.165, 1.54) is 11.8 Å². The average molecular weight is 436 g/mol. The van der Waals surface area contributed by atoms with Crippen LogP contribution in [0.5, 0.6) is 5.75 Å². The quantitative estimate of drug-likeness (QED) is 0.695. The van der Waals surface area contributed by atoms with E-state index >= 15 is 0 Å². The highest BCUT2D eigenvalue weighted by Crippen LogP contribution is 2.31. The van der Waals surface area contributed by atoms with Gasteiger partial charge in [-0.05, 0) is 73.7 Å². The maximum Gasteiger partial charge on any atom is 0.283 e. The number of ether oxygens (including phenoxy) is 1. The molecule has 1 fully saturated rings. The van der Waals surface area contributed by atoms with Gasteiger partial charge in [-0.1, -0.05) is 30.0 Å². The van der Waals surface area contributed by atoms with Gasteiger partial charge in [0.05, 0.1) is 18.6 Å². The largest absolute Gasteiger partial charge is 0.497 e. The molecular formula is C24H25N3O3S. The average Bonchev–Trinajstić information content (AvgIpc) is 3.49. The van der Waals surface area contributed by atoms with Crippen molar-refractivity contribution in [2.45, 2.75) is 32.7 Å². The van der Waals surface area contributed by atoms with Crippen LogP contribution in [-0.4, -0.2) is 35.9 Å². The number of rotatable bonds is 6. The summed E-state index contributed by atoms with van der Waals surface area (Å²) in [6, 6.07) is 13.7. The summed E-state index contributed by atoms with van der Waals surface area (Å²) in [5, 5.41) is 3.49. The molecule has 31 heavy (non-hydrogen) atoms. The molecular weight excluding hydrogens is 410 g/mol. The first-order chi connectivity index (χ1) is 14.9. The fourth-order valence-electron chi connectivity index (χ4n) is 3.39. The van der Waals surface area contributed by atoms with Crippen LogP contribution in [0.1, 0.15) is 29.5 Å². The summed E-state index contributed by atoms with van der Waals surface area (Å²) < 4.78 is 5.20. The third kappa shape index (κ3) is 5.17. The molecule has 2 amide bonds. The summed E-state index contributed by atoms with van der Waals surface area (Å²) in [5.74, 6) is 0.736. The molecule has 7 heteroatoms. The van der Waals surface area contributed by atoms with Crippen LogP contribution in [0.4, 0.5) is 5.69 Å². The molecule has 0 radical (unpaired) electrons. The summed E-state index contributed by atoms with van der Waals surface area (Å²) >= 11 is 1.28. The Kier molecular flexibility index (Phi) is 6.13. The number of aliphatic imine (C=N–C) groups is 1. The number of benzene rings is 2. The van der Waals surface area contributed by atoms with E-state index in [-0.39, 0.29) is 17.6 Å². The first-order valence-corrected chi connectivity index (χ1v) is 11.2. The second-order valence-electron chi connectivity index (χ2n) is 7.81. The van der Waals surface area contributed by atoms with Gasteiger partial charge in [0.25, 0.3) is 5.91 Å². The molecule has 0 bridgehead atoms. The van der Waals surface area contributed by atoms with Crippen LogP contribution < -0.4 is 15.0 Å². The van der Waals surface area contributed by atoms with Gasteiger partial charge in [0.15, 0.2) is 5.17 Å². The van der Waals surface area contributed by atoms with Gasteiger partial charge in [0.1, 0.15) is 11.4 Å². The monoisotopic (exact) mass is 435 g/mol. The van der Waals surface area contributed by atoms with Gasteiger partial charge in [0.2, 0.25) is 5.91 Å². The predicted molar refractivity (Wildman–Crippen MR) is 125 cm³/mol. The van der Waals surface area contributed by atoms with E-state index < -0.39 is 0 Å². The van der Waals surface area contributed by atoms with Crippen molar-refractivity contribution in [1.29, 1.82) is 0 Å². The Labute approximate surface area is 186 Å². The molecule has 1 aliphatic carbocycles. The zero-order valence-corrected chi connectivity index (χ0v) is 18.7. The van der Waals surface area contributed by atoms with Gasteiger partial charge >= 0.3 is 0 Å². The minimum absolute atomic E-state index is 0.0318. The number of nitrogens with zero attached hydrogens (tertiary/aromatic N) is 2. The first-order valence-electron chi connectivity index (χ1n) is 10.2. The summed E-state index contributed by atoms with van der Waals surface area (Å²) in [6.45, 7) is 4.00. The molecule has 1 N–H and O–H groups in total. The maximum absolute atomic E-state index is 13.3. The number of anilines is 1. The molecule has 0 atom stereocenters. The van der Waals surface area contributed by atoms with E-state index in [1.54, 1.807) is 18.1 Å². The van der Waals surface area contributed by atoms with E-state index in [1.807, 2.05) is 50.2 Å². The zero-order chi connectivity index (χ0) is 22.0. The Morgan fingerprint density at radius 2 is 1.87 bits per heavy atom. The second kappa shape index (κ2) is 8.98. The second-order valence-corrected chi connectivity index (χ2v) is 8.76. The van der Waals surface area contributed by atoms with Crippen molar-refractivity contribution in [2.24, 2.45) is 4.99 Å². The third-order valence-electron chi connectivity index (χ3n) is 4.99. The van der Waals surface area contributed by atoms with Crippen LogP contribution in [0.3, 0.4) is 0 Å². The smallest absolute Gasteiger partial charge is 0.283 e. The van der Waals surface area contributed by atoms with Crippen molar-refractivity contribution in [2.75, 3.05) is 17.8 Å². The number of hydrogen-bond donors (Lipinski definition) is 1. The lowest BCUT2D eigenvalue weighted by molar-refractivity contribution is -0.118. The van der Waals surface area contributed by atoms with Crippen LogP contribution in [0, 0.1) is 13.8 Å². The fraction of sp³-hybridized carbons (Fsp3) is 0.292. The summed E-state index contributed by atoms with van der Waals surface area (Å²) in [6.07, 6.45) is 3.84. The fourth-order valence-corrected chi connectivity index (χ4v) is 4.21. The Balaban J connectivity index is 1.62. The van der Waals surface area contributed by atoms with Crippen LogP contribution in [0.15, 0.2) is 53.2 Å². The number of methoxy groups -OCH3 is 1. The number of amidine groups is 1. The highest BCUT2D eigenvalue weighted by molar-refractivity contribution is 8.14. The molecule has 0 saturated heterocycles. The van der Waals surface area contributed by atoms with E-state index in [4.69, 9.17) is 4.74 Å². The standard InChI is InChI=1S/C24H25N3O3S/c1-15-10-16(2)12-19(11-15)27-23(29)21(13-17-4-8-20(30-3)9-5-17)26-24(27)31-14-22(28)25-18-6-7-18/h4-5,8-13,18H,6-7,14H2,1-3H3,(H,25,28). The molecule has 4 rings (SSSR count). The Hall–Kier alpha value is -3.06. The van der Waals surface area contributed by atoms with Crippen molar-refractivity contribution in [1.82, 2.24) is 5.32 Å². The summed E-state index contributed by atoms with van der Waals surface area (Å²) in [7, 11) is 1.61. The normalized spacial score (nSPS) is 17.1. The number of carbonyl (C=O) groups is 2. The van der Waals surface area contributed by atoms with Crippen molar-refractivity contribution in [3.05, 3.63) is 64.9 Å². The molecule has 160 valence electrons. The number of carbonyl (C=O) groups excluding carboxylic acids is 2. The summed E-state index contributed by atoms with van der Waals surface area (Å²) in [4.78, 5) is 31.7. The van der Waals surface area contributed by atoms with Crippen molar-refractivity contribution in [3.8, 4) is 5.75 Å². The number of thioether (sulfide) groups is 1. The summed E-state index contributed by atoms with van der Waals surface area (Å²) in [5.41, 5.74) is 4.08. The molecule has 2 aromatic rings. The van der Waals surface area contributed by atoms with Gasteiger partial charge in [0, 0.05) is 6.04 Å². The number of nitrogens with one attached hydrogen (secondary N) is 1. The Morgan fingerprint density at radius 3 is 2.48 bits per heavy atom. The van der Waals surface area contributed by atoms with Crippen LogP contribution in [0.2, 0.25) is 0 Å². The molecule has 1 saturated carbocycles. The molecule has 0 aromatic heterocycles. The number of aryl methyl sites for hydroxylation is 2. The van der Waals surface area contributed by atoms with Gasteiger partial charge in [-0.2, -0.15) is 0 Å².